The number of nitrogens with one attached hydrogen (secondary N) is 1. The number of aryl methyl sites for hydroxylation is 1. The average Bonchev–Trinajstić information content (AvgIpc) is 2.40. The highest BCUT2D eigenvalue weighted by Gasteiger charge is 2.06. The summed E-state index contributed by atoms with van der Waals surface area (Å²) in [7, 11) is 0. The molecular formula is C15H17ClN2. The molecule has 0 saturated heterocycles. The number of nitrogens with zero attached hydrogens (tertiary/aromatic N) is 1. The summed E-state index contributed by atoms with van der Waals surface area (Å²) >= 11 is 6.33. The van der Waals surface area contributed by atoms with E-state index in [4.69, 9.17) is 11.6 Å². The third-order valence-corrected chi connectivity index (χ3v) is 3.15. The van der Waals surface area contributed by atoms with Gasteiger partial charge in [-0.1, -0.05) is 36.4 Å². The Morgan fingerprint density at radius 3 is 2.72 bits per heavy atom. The van der Waals surface area contributed by atoms with Crippen LogP contribution in [-0.4, -0.2) is 11.5 Å². The second kappa shape index (κ2) is 6.53. The zero-order valence-corrected chi connectivity index (χ0v) is 11.2. The molecule has 3 heteroatoms. The molecule has 0 amide bonds. The molecule has 2 rings (SSSR count). The average molecular weight is 261 g/mol. The van der Waals surface area contributed by atoms with Crippen LogP contribution in [0.4, 0.5) is 0 Å². The largest absolute Gasteiger partial charge is 0.311 e. The van der Waals surface area contributed by atoms with Gasteiger partial charge < -0.3 is 5.32 Å². The zero-order valence-electron chi connectivity index (χ0n) is 10.4. The third kappa shape index (κ3) is 3.83. The molecule has 0 fully saturated rings. The van der Waals surface area contributed by atoms with Crippen LogP contribution in [0, 0.1) is 6.92 Å². The molecule has 1 N–H and O–H groups in total. The Balaban J connectivity index is 1.82. The fraction of sp³-hybridized carbons (Fsp3) is 0.267. The summed E-state index contributed by atoms with van der Waals surface area (Å²) in [6.07, 6.45) is 3.74. The topological polar surface area (TPSA) is 24.9 Å². The van der Waals surface area contributed by atoms with Gasteiger partial charge in [0.15, 0.2) is 0 Å². The molecule has 1 heterocycles. The van der Waals surface area contributed by atoms with Crippen LogP contribution in [0.5, 0.6) is 0 Å². The third-order valence-electron chi connectivity index (χ3n) is 2.75. The Labute approximate surface area is 113 Å². The summed E-state index contributed by atoms with van der Waals surface area (Å²) in [5, 5.41) is 3.36. The maximum atomic E-state index is 6.33. The van der Waals surface area contributed by atoms with Crippen molar-refractivity contribution in [2.24, 2.45) is 0 Å². The Bertz CT molecular complexity index is 485. The molecule has 0 aliphatic rings. The minimum atomic E-state index is 0.00367. The first-order valence-corrected chi connectivity index (χ1v) is 6.49. The molecule has 1 aromatic carbocycles. The van der Waals surface area contributed by atoms with Crippen LogP contribution in [0.15, 0.2) is 48.8 Å². The summed E-state index contributed by atoms with van der Waals surface area (Å²) < 4.78 is 0. The standard InChI is InChI=1S/C15H17ClN2/c1-12-7-13(9-17-8-12)10-18-11-15(16)14-5-3-2-4-6-14/h2-9,15,18H,10-11H2,1H3. The van der Waals surface area contributed by atoms with E-state index < -0.39 is 0 Å². The maximum Gasteiger partial charge on any atom is 0.0709 e. The van der Waals surface area contributed by atoms with Gasteiger partial charge in [-0.3, -0.25) is 4.98 Å². The van der Waals surface area contributed by atoms with Gasteiger partial charge in [-0.05, 0) is 23.6 Å². The highest BCUT2D eigenvalue weighted by atomic mass is 35.5. The van der Waals surface area contributed by atoms with Crippen molar-refractivity contribution in [3.63, 3.8) is 0 Å². The first-order valence-electron chi connectivity index (χ1n) is 6.06. The second-order valence-corrected chi connectivity index (χ2v) is 4.91. The summed E-state index contributed by atoms with van der Waals surface area (Å²) in [4.78, 5) is 4.17. The van der Waals surface area contributed by atoms with E-state index in [-0.39, 0.29) is 5.38 Å². The van der Waals surface area contributed by atoms with Crippen LogP contribution < -0.4 is 5.32 Å². The van der Waals surface area contributed by atoms with E-state index in [0.29, 0.717) is 0 Å². The van der Waals surface area contributed by atoms with E-state index in [2.05, 4.69) is 16.4 Å². The number of rotatable bonds is 5. The number of hydrogen-bond donors (Lipinski definition) is 1. The number of aromatic nitrogens is 1. The molecule has 0 radical (unpaired) electrons. The Morgan fingerprint density at radius 2 is 2.00 bits per heavy atom. The first kappa shape index (κ1) is 13.1. The van der Waals surface area contributed by atoms with Crippen molar-refractivity contribution in [1.82, 2.24) is 10.3 Å². The zero-order chi connectivity index (χ0) is 12.8. The van der Waals surface area contributed by atoms with Gasteiger partial charge >= 0.3 is 0 Å². The Hall–Kier alpha value is -1.38. The molecule has 1 unspecified atom stereocenters. The molecule has 94 valence electrons. The van der Waals surface area contributed by atoms with E-state index in [1.54, 1.807) is 0 Å². The first-order chi connectivity index (χ1) is 8.75. The van der Waals surface area contributed by atoms with E-state index in [1.807, 2.05) is 49.6 Å². The summed E-state index contributed by atoms with van der Waals surface area (Å²) in [5.41, 5.74) is 3.51. The number of hydrogen-bond acceptors (Lipinski definition) is 2. The molecule has 1 atom stereocenters. The van der Waals surface area contributed by atoms with Crippen LogP contribution in [0.2, 0.25) is 0 Å². The normalized spacial score (nSPS) is 12.3. The minimum Gasteiger partial charge on any atom is -0.311 e. The predicted octanol–water partition coefficient (Wildman–Crippen LogP) is 3.46. The molecule has 18 heavy (non-hydrogen) atoms. The number of halogens is 1. The van der Waals surface area contributed by atoms with Crippen LogP contribution >= 0.6 is 11.6 Å². The summed E-state index contributed by atoms with van der Waals surface area (Å²) in [6, 6.07) is 12.2. The van der Waals surface area contributed by atoms with E-state index in [9.17, 15) is 0 Å². The van der Waals surface area contributed by atoms with Gasteiger partial charge in [0.05, 0.1) is 5.38 Å². The molecule has 0 spiro atoms. The lowest BCUT2D eigenvalue weighted by Gasteiger charge is -2.11. The van der Waals surface area contributed by atoms with E-state index >= 15 is 0 Å². The fourth-order valence-corrected chi connectivity index (χ4v) is 2.09. The molecule has 2 nitrogen and oxygen atoms in total. The number of pyridine rings is 1. The van der Waals surface area contributed by atoms with Gasteiger partial charge in [0, 0.05) is 25.5 Å². The molecule has 0 bridgehead atoms. The molecule has 0 aliphatic heterocycles. The number of benzene rings is 1. The van der Waals surface area contributed by atoms with Crippen LogP contribution in [0.1, 0.15) is 22.1 Å². The van der Waals surface area contributed by atoms with Crippen LogP contribution in [-0.2, 0) is 6.54 Å². The Kier molecular flexibility index (Phi) is 4.73. The smallest absolute Gasteiger partial charge is 0.0709 e. The van der Waals surface area contributed by atoms with Crippen molar-refractivity contribution in [2.75, 3.05) is 6.54 Å². The number of alkyl halides is 1. The molecule has 2 aromatic rings. The highest BCUT2D eigenvalue weighted by molar-refractivity contribution is 6.21. The quantitative estimate of drug-likeness (QED) is 0.833. The van der Waals surface area contributed by atoms with Gasteiger partial charge in [0.25, 0.3) is 0 Å². The summed E-state index contributed by atoms with van der Waals surface area (Å²) in [6.45, 7) is 3.59. The predicted molar refractivity (Wildman–Crippen MR) is 75.7 cm³/mol. The van der Waals surface area contributed by atoms with Crippen molar-refractivity contribution in [3.8, 4) is 0 Å². The van der Waals surface area contributed by atoms with Gasteiger partial charge in [-0.25, -0.2) is 0 Å². The fourth-order valence-electron chi connectivity index (χ4n) is 1.84. The van der Waals surface area contributed by atoms with E-state index in [0.717, 1.165) is 18.7 Å². The van der Waals surface area contributed by atoms with Crippen LogP contribution in [0.3, 0.4) is 0 Å². The molecular weight excluding hydrogens is 244 g/mol. The van der Waals surface area contributed by atoms with Crippen molar-refractivity contribution < 1.29 is 0 Å². The second-order valence-electron chi connectivity index (χ2n) is 4.38. The van der Waals surface area contributed by atoms with Gasteiger partial charge in [-0.2, -0.15) is 0 Å². The lowest BCUT2D eigenvalue weighted by atomic mass is 10.1. The lowest BCUT2D eigenvalue weighted by molar-refractivity contribution is 0.672. The lowest BCUT2D eigenvalue weighted by Crippen LogP contribution is -2.18. The molecule has 0 saturated carbocycles. The monoisotopic (exact) mass is 260 g/mol. The van der Waals surface area contributed by atoms with Gasteiger partial charge in [-0.15, -0.1) is 11.6 Å². The van der Waals surface area contributed by atoms with Crippen molar-refractivity contribution >= 4 is 11.6 Å². The Morgan fingerprint density at radius 1 is 1.22 bits per heavy atom. The molecule has 0 aliphatic carbocycles. The minimum absolute atomic E-state index is 0.00367. The van der Waals surface area contributed by atoms with Crippen LogP contribution in [0.25, 0.3) is 0 Å². The van der Waals surface area contributed by atoms with Gasteiger partial charge in [0.1, 0.15) is 0 Å². The maximum absolute atomic E-state index is 6.33. The SMILES string of the molecule is Cc1cncc(CNCC(Cl)c2ccccc2)c1. The van der Waals surface area contributed by atoms with Gasteiger partial charge in [0.2, 0.25) is 0 Å². The van der Waals surface area contributed by atoms with Crippen molar-refractivity contribution in [1.29, 1.82) is 0 Å². The summed E-state index contributed by atoms with van der Waals surface area (Å²) in [5.74, 6) is 0. The van der Waals surface area contributed by atoms with Crippen molar-refractivity contribution in [3.05, 3.63) is 65.5 Å². The van der Waals surface area contributed by atoms with E-state index in [1.165, 1.54) is 11.1 Å². The van der Waals surface area contributed by atoms with Crippen molar-refractivity contribution in [2.45, 2.75) is 18.8 Å². The highest BCUT2D eigenvalue weighted by Crippen LogP contribution is 2.18. The molecule has 1 aromatic heterocycles.